The van der Waals surface area contributed by atoms with Crippen molar-refractivity contribution >= 4 is 22.6 Å². The summed E-state index contributed by atoms with van der Waals surface area (Å²) < 4.78 is 15.9. The molecule has 0 fully saturated rings. The van der Waals surface area contributed by atoms with E-state index < -0.39 is 0 Å². The Kier molecular flexibility index (Phi) is 2.35. The van der Waals surface area contributed by atoms with E-state index in [9.17, 15) is 4.39 Å². The Hall–Kier alpha value is -0.840. The third kappa shape index (κ3) is 1.75. The van der Waals surface area contributed by atoms with Crippen LogP contribution in [0.2, 0.25) is 0 Å². The van der Waals surface area contributed by atoms with Crippen LogP contribution in [0.5, 0.6) is 0 Å². The minimum atomic E-state index is -0.205. The van der Waals surface area contributed by atoms with Crippen LogP contribution in [-0.2, 0) is 0 Å². The minimum Gasteiger partial charge on any atom is -0.323 e. The molecule has 13 heavy (non-hydrogen) atoms. The Balaban J connectivity index is 2.57. The quantitative estimate of drug-likeness (QED) is 0.710. The zero-order chi connectivity index (χ0) is 9.26. The second-order valence-corrected chi connectivity index (χ2v) is 3.85. The molecule has 0 amide bonds. The van der Waals surface area contributed by atoms with Crippen molar-refractivity contribution in [1.82, 2.24) is 4.57 Å². The maximum absolute atomic E-state index is 12.9. The van der Waals surface area contributed by atoms with Crippen LogP contribution in [0.3, 0.4) is 0 Å². The third-order valence-electron chi connectivity index (χ3n) is 1.79. The summed E-state index contributed by atoms with van der Waals surface area (Å²) in [4.78, 5) is 0. The first-order valence-electron chi connectivity index (χ1n) is 3.86. The van der Waals surface area contributed by atoms with Crippen LogP contribution < -0.4 is 0 Å². The van der Waals surface area contributed by atoms with Crippen LogP contribution in [-0.4, -0.2) is 4.57 Å². The first-order valence-corrected chi connectivity index (χ1v) is 4.93. The lowest BCUT2D eigenvalue weighted by Crippen LogP contribution is -1.93. The van der Waals surface area contributed by atoms with Gasteiger partial charge in [0, 0.05) is 16.0 Å². The molecule has 1 aromatic carbocycles. The Morgan fingerprint density at radius 3 is 2.54 bits per heavy atom. The van der Waals surface area contributed by atoms with Gasteiger partial charge in [-0.05, 0) is 52.9 Å². The average molecular weight is 287 g/mol. The van der Waals surface area contributed by atoms with E-state index >= 15 is 0 Å². The van der Waals surface area contributed by atoms with Gasteiger partial charge in [-0.3, -0.25) is 0 Å². The Morgan fingerprint density at radius 2 is 1.85 bits per heavy atom. The van der Waals surface area contributed by atoms with Gasteiger partial charge in [0.15, 0.2) is 0 Å². The zero-order valence-electron chi connectivity index (χ0n) is 6.74. The van der Waals surface area contributed by atoms with E-state index in [1.807, 2.05) is 29.1 Å². The normalized spacial score (nSPS) is 10.3. The first-order chi connectivity index (χ1) is 6.27. The molecule has 66 valence electrons. The number of halogens is 2. The van der Waals surface area contributed by atoms with Crippen LogP contribution >= 0.6 is 22.6 Å². The highest BCUT2D eigenvalue weighted by atomic mass is 127. The second-order valence-electron chi connectivity index (χ2n) is 2.69. The maximum atomic E-state index is 12.9. The summed E-state index contributed by atoms with van der Waals surface area (Å²) in [6.45, 7) is 0. The van der Waals surface area contributed by atoms with Crippen molar-refractivity contribution in [2.45, 2.75) is 0 Å². The van der Waals surface area contributed by atoms with Gasteiger partial charge in [0.1, 0.15) is 5.82 Å². The lowest BCUT2D eigenvalue weighted by molar-refractivity contribution is 0.626. The molecule has 1 nitrogen and oxygen atoms in total. The molecule has 1 aromatic heterocycles. The highest BCUT2D eigenvalue weighted by molar-refractivity contribution is 14.1. The van der Waals surface area contributed by atoms with Crippen LogP contribution in [0.25, 0.3) is 5.69 Å². The van der Waals surface area contributed by atoms with Gasteiger partial charge in [-0.2, -0.15) is 0 Å². The molecule has 2 aromatic rings. The van der Waals surface area contributed by atoms with Crippen LogP contribution in [0.4, 0.5) is 4.39 Å². The molecule has 0 spiro atoms. The van der Waals surface area contributed by atoms with Gasteiger partial charge in [0.05, 0.1) is 5.69 Å². The first kappa shape index (κ1) is 8.74. The average Bonchev–Trinajstić information content (AvgIpc) is 2.61. The molecule has 2 rings (SSSR count). The summed E-state index contributed by atoms with van der Waals surface area (Å²) in [6, 6.07) is 8.60. The van der Waals surface area contributed by atoms with Crippen molar-refractivity contribution in [1.29, 1.82) is 0 Å². The van der Waals surface area contributed by atoms with Crippen molar-refractivity contribution in [3.8, 4) is 5.69 Å². The SMILES string of the molecule is Fc1ccc(I)c(-n2cccc2)c1. The second kappa shape index (κ2) is 3.49. The highest BCUT2D eigenvalue weighted by Gasteiger charge is 2.01. The van der Waals surface area contributed by atoms with E-state index in [0.29, 0.717) is 0 Å². The summed E-state index contributed by atoms with van der Waals surface area (Å²) in [7, 11) is 0. The lowest BCUT2D eigenvalue weighted by atomic mass is 10.3. The van der Waals surface area contributed by atoms with E-state index in [2.05, 4.69) is 22.6 Å². The van der Waals surface area contributed by atoms with Gasteiger partial charge >= 0.3 is 0 Å². The minimum absolute atomic E-state index is 0.205. The largest absolute Gasteiger partial charge is 0.323 e. The number of benzene rings is 1. The molecular formula is C10H7FIN. The molecule has 0 saturated heterocycles. The number of hydrogen-bond acceptors (Lipinski definition) is 0. The summed E-state index contributed by atoms with van der Waals surface area (Å²) in [5.41, 5.74) is 0.880. The van der Waals surface area contributed by atoms with Crippen molar-refractivity contribution in [2.24, 2.45) is 0 Å². The summed E-state index contributed by atoms with van der Waals surface area (Å²) in [5.74, 6) is -0.205. The van der Waals surface area contributed by atoms with Crippen molar-refractivity contribution < 1.29 is 4.39 Å². The molecule has 3 heteroatoms. The fraction of sp³-hybridized carbons (Fsp3) is 0. The van der Waals surface area contributed by atoms with E-state index in [1.54, 1.807) is 6.07 Å². The molecule has 1 heterocycles. The standard InChI is InChI=1S/C10H7FIN/c11-8-3-4-9(12)10(7-8)13-5-1-2-6-13/h1-7H. The fourth-order valence-electron chi connectivity index (χ4n) is 1.18. The van der Waals surface area contributed by atoms with Gasteiger partial charge in [-0.15, -0.1) is 0 Å². The molecule has 0 aliphatic carbocycles. The van der Waals surface area contributed by atoms with E-state index in [4.69, 9.17) is 0 Å². The Morgan fingerprint density at radius 1 is 1.15 bits per heavy atom. The van der Waals surface area contributed by atoms with Crippen LogP contribution in [0.1, 0.15) is 0 Å². The number of nitrogens with zero attached hydrogens (tertiary/aromatic N) is 1. The maximum Gasteiger partial charge on any atom is 0.125 e. The molecule has 0 atom stereocenters. The predicted octanol–water partition coefficient (Wildman–Crippen LogP) is 3.22. The number of rotatable bonds is 1. The van der Waals surface area contributed by atoms with Crippen molar-refractivity contribution in [3.05, 3.63) is 52.1 Å². The van der Waals surface area contributed by atoms with Gasteiger partial charge in [-0.1, -0.05) is 0 Å². The molecule has 0 N–H and O–H groups in total. The monoisotopic (exact) mass is 287 g/mol. The highest BCUT2D eigenvalue weighted by Crippen LogP contribution is 2.18. The van der Waals surface area contributed by atoms with Crippen molar-refractivity contribution in [3.63, 3.8) is 0 Å². The van der Waals surface area contributed by atoms with E-state index in [0.717, 1.165) is 9.26 Å². The van der Waals surface area contributed by atoms with Crippen molar-refractivity contribution in [2.75, 3.05) is 0 Å². The summed E-state index contributed by atoms with van der Waals surface area (Å²) in [6.07, 6.45) is 3.80. The molecule has 0 saturated carbocycles. The van der Waals surface area contributed by atoms with E-state index in [-0.39, 0.29) is 5.82 Å². The van der Waals surface area contributed by atoms with Crippen LogP contribution in [0.15, 0.2) is 42.7 Å². The lowest BCUT2D eigenvalue weighted by Gasteiger charge is -2.05. The van der Waals surface area contributed by atoms with Crippen LogP contribution in [0, 0.1) is 9.39 Å². The Labute approximate surface area is 89.3 Å². The fourth-order valence-corrected chi connectivity index (χ4v) is 1.79. The Bertz CT molecular complexity index is 409. The molecule has 0 unspecified atom stereocenters. The number of hydrogen-bond donors (Lipinski definition) is 0. The third-order valence-corrected chi connectivity index (χ3v) is 2.70. The molecule has 0 bridgehead atoms. The number of aromatic nitrogens is 1. The molecular weight excluding hydrogens is 280 g/mol. The topological polar surface area (TPSA) is 4.93 Å². The van der Waals surface area contributed by atoms with E-state index in [1.165, 1.54) is 12.1 Å². The van der Waals surface area contributed by atoms with Gasteiger partial charge in [0.25, 0.3) is 0 Å². The molecule has 0 radical (unpaired) electrons. The predicted molar refractivity (Wildman–Crippen MR) is 58.4 cm³/mol. The summed E-state index contributed by atoms with van der Waals surface area (Å²) >= 11 is 2.19. The smallest absolute Gasteiger partial charge is 0.125 e. The van der Waals surface area contributed by atoms with Gasteiger partial charge in [0.2, 0.25) is 0 Å². The van der Waals surface area contributed by atoms with Gasteiger partial charge in [-0.25, -0.2) is 4.39 Å². The zero-order valence-corrected chi connectivity index (χ0v) is 8.90. The molecule has 0 aliphatic heterocycles. The van der Waals surface area contributed by atoms with Gasteiger partial charge < -0.3 is 4.57 Å². The summed E-state index contributed by atoms with van der Waals surface area (Å²) in [5, 5.41) is 0. The molecule has 0 aliphatic rings.